The van der Waals surface area contributed by atoms with Crippen molar-refractivity contribution in [1.29, 1.82) is 0 Å². The van der Waals surface area contributed by atoms with Gasteiger partial charge in [-0.05, 0) is 39.4 Å². The maximum absolute atomic E-state index is 11.3. The van der Waals surface area contributed by atoms with Crippen molar-refractivity contribution in [1.82, 2.24) is 10.2 Å². The first-order valence-corrected chi connectivity index (χ1v) is 5.36. The van der Waals surface area contributed by atoms with Gasteiger partial charge in [0, 0.05) is 6.54 Å². The Morgan fingerprint density at radius 1 is 1.43 bits per heavy atom. The van der Waals surface area contributed by atoms with E-state index in [1.807, 2.05) is 18.9 Å². The Balaban J connectivity index is 3.40. The minimum Gasteiger partial charge on any atom is -0.355 e. The van der Waals surface area contributed by atoms with E-state index >= 15 is 0 Å². The van der Waals surface area contributed by atoms with Crippen molar-refractivity contribution in [2.75, 3.05) is 33.2 Å². The Kier molecular flexibility index (Phi) is 8.57. The van der Waals surface area contributed by atoms with E-state index in [0.29, 0.717) is 6.54 Å². The lowest BCUT2D eigenvalue weighted by Gasteiger charge is -2.15. The molecule has 0 saturated heterocycles. The van der Waals surface area contributed by atoms with Gasteiger partial charge in [0.05, 0.1) is 6.54 Å². The summed E-state index contributed by atoms with van der Waals surface area (Å²) in [6.45, 7) is 4.98. The highest BCUT2D eigenvalue weighted by Gasteiger charge is 2.04. The molecule has 0 aromatic heterocycles. The number of likely N-dealkylation sites (N-methyl/N-ethyl adjacent to an activating group) is 1. The van der Waals surface area contributed by atoms with Gasteiger partial charge in [-0.2, -0.15) is 0 Å². The molecule has 0 spiro atoms. The highest BCUT2D eigenvalue weighted by Crippen LogP contribution is 1.90. The van der Waals surface area contributed by atoms with Crippen LogP contribution < -0.4 is 11.1 Å². The average molecular weight is 201 g/mol. The fraction of sp³-hybridized carbons (Fsp3) is 0.900. The van der Waals surface area contributed by atoms with Crippen LogP contribution in [0.5, 0.6) is 0 Å². The molecule has 0 aliphatic rings. The van der Waals surface area contributed by atoms with Crippen LogP contribution in [0.1, 0.15) is 26.2 Å². The number of nitrogens with one attached hydrogen (secondary N) is 1. The molecule has 0 unspecified atom stereocenters. The van der Waals surface area contributed by atoms with E-state index in [0.717, 1.165) is 38.9 Å². The summed E-state index contributed by atoms with van der Waals surface area (Å²) in [5.74, 6) is 0.113. The molecule has 0 aromatic rings. The van der Waals surface area contributed by atoms with Crippen LogP contribution in [0.3, 0.4) is 0 Å². The Labute approximate surface area is 86.8 Å². The van der Waals surface area contributed by atoms with Gasteiger partial charge in [-0.1, -0.05) is 6.92 Å². The van der Waals surface area contributed by atoms with Crippen LogP contribution in [0, 0.1) is 0 Å². The maximum Gasteiger partial charge on any atom is 0.234 e. The number of carbonyl (C=O) groups is 1. The highest BCUT2D eigenvalue weighted by molar-refractivity contribution is 5.77. The molecule has 0 rings (SSSR count). The Hall–Kier alpha value is -0.610. The van der Waals surface area contributed by atoms with E-state index in [1.165, 1.54) is 0 Å². The SMILES string of the molecule is CCCNC(=O)CN(C)CCCCN. The number of amides is 1. The van der Waals surface area contributed by atoms with Crippen LogP contribution >= 0.6 is 0 Å². The molecule has 0 aliphatic carbocycles. The molecule has 0 fully saturated rings. The van der Waals surface area contributed by atoms with Gasteiger partial charge in [0.2, 0.25) is 5.91 Å². The smallest absolute Gasteiger partial charge is 0.234 e. The number of rotatable bonds is 8. The number of hydrogen-bond donors (Lipinski definition) is 2. The van der Waals surface area contributed by atoms with Gasteiger partial charge in [-0.15, -0.1) is 0 Å². The second-order valence-electron chi connectivity index (χ2n) is 3.58. The summed E-state index contributed by atoms with van der Waals surface area (Å²) in [5.41, 5.74) is 5.38. The molecular weight excluding hydrogens is 178 g/mol. The quantitative estimate of drug-likeness (QED) is 0.551. The van der Waals surface area contributed by atoms with E-state index in [9.17, 15) is 4.79 Å². The molecule has 0 atom stereocenters. The lowest BCUT2D eigenvalue weighted by Crippen LogP contribution is -2.35. The van der Waals surface area contributed by atoms with E-state index in [2.05, 4.69) is 5.32 Å². The van der Waals surface area contributed by atoms with Gasteiger partial charge in [0.15, 0.2) is 0 Å². The summed E-state index contributed by atoms with van der Waals surface area (Å²) < 4.78 is 0. The summed E-state index contributed by atoms with van der Waals surface area (Å²) >= 11 is 0. The zero-order valence-corrected chi connectivity index (χ0v) is 9.38. The maximum atomic E-state index is 11.3. The second-order valence-corrected chi connectivity index (χ2v) is 3.58. The molecule has 0 aromatic carbocycles. The van der Waals surface area contributed by atoms with Gasteiger partial charge >= 0.3 is 0 Å². The first-order chi connectivity index (χ1) is 6.70. The molecule has 0 bridgehead atoms. The fourth-order valence-corrected chi connectivity index (χ4v) is 1.17. The molecule has 0 saturated carbocycles. The molecule has 0 aliphatic heterocycles. The summed E-state index contributed by atoms with van der Waals surface area (Å²) in [4.78, 5) is 13.3. The summed E-state index contributed by atoms with van der Waals surface area (Å²) in [5, 5.41) is 2.85. The number of unbranched alkanes of at least 4 members (excludes halogenated alkanes) is 1. The van der Waals surface area contributed by atoms with Gasteiger partial charge in [0.25, 0.3) is 0 Å². The van der Waals surface area contributed by atoms with Gasteiger partial charge in [-0.25, -0.2) is 0 Å². The molecule has 4 heteroatoms. The van der Waals surface area contributed by atoms with Crippen LogP contribution in [0.25, 0.3) is 0 Å². The second kappa shape index (κ2) is 8.97. The van der Waals surface area contributed by atoms with Crippen molar-refractivity contribution in [3.63, 3.8) is 0 Å². The first-order valence-electron chi connectivity index (χ1n) is 5.36. The number of nitrogens with two attached hydrogens (primary N) is 1. The van der Waals surface area contributed by atoms with Crippen molar-refractivity contribution in [2.24, 2.45) is 5.73 Å². The van der Waals surface area contributed by atoms with Crippen LogP contribution in [-0.4, -0.2) is 44.0 Å². The van der Waals surface area contributed by atoms with Gasteiger partial charge < -0.3 is 11.1 Å². The van der Waals surface area contributed by atoms with Crippen LogP contribution in [0.15, 0.2) is 0 Å². The lowest BCUT2D eigenvalue weighted by atomic mass is 10.3. The average Bonchev–Trinajstić information content (AvgIpc) is 2.15. The van der Waals surface area contributed by atoms with Gasteiger partial charge in [0.1, 0.15) is 0 Å². The van der Waals surface area contributed by atoms with E-state index in [4.69, 9.17) is 5.73 Å². The standard InChI is InChI=1S/C10H23N3O/c1-3-7-12-10(14)9-13(2)8-5-4-6-11/h3-9,11H2,1-2H3,(H,12,14). The van der Waals surface area contributed by atoms with E-state index in [1.54, 1.807) is 0 Å². The number of hydrogen-bond acceptors (Lipinski definition) is 3. The third kappa shape index (κ3) is 8.01. The number of carbonyl (C=O) groups excluding carboxylic acids is 1. The van der Waals surface area contributed by atoms with Crippen molar-refractivity contribution in [2.45, 2.75) is 26.2 Å². The Morgan fingerprint density at radius 3 is 2.71 bits per heavy atom. The third-order valence-corrected chi connectivity index (χ3v) is 1.98. The van der Waals surface area contributed by atoms with Crippen LogP contribution in [-0.2, 0) is 4.79 Å². The van der Waals surface area contributed by atoms with Crippen molar-refractivity contribution >= 4 is 5.91 Å². The third-order valence-electron chi connectivity index (χ3n) is 1.98. The molecule has 0 radical (unpaired) electrons. The summed E-state index contributed by atoms with van der Waals surface area (Å²) in [7, 11) is 1.96. The first kappa shape index (κ1) is 13.4. The zero-order chi connectivity index (χ0) is 10.8. The van der Waals surface area contributed by atoms with Gasteiger partial charge in [-0.3, -0.25) is 9.69 Å². The monoisotopic (exact) mass is 201 g/mol. The van der Waals surface area contributed by atoms with Crippen LogP contribution in [0.2, 0.25) is 0 Å². The van der Waals surface area contributed by atoms with Crippen molar-refractivity contribution < 1.29 is 4.79 Å². The Morgan fingerprint density at radius 2 is 2.14 bits per heavy atom. The fourth-order valence-electron chi connectivity index (χ4n) is 1.17. The molecule has 3 N–H and O–H groups in total. The molecular formula is C10H23N3O. The van der Waals surface area contributed by atoms with E-state index < -0.39 is 0 Å². The van der Waals surface area contributed by atoms with Crippen molar-refractivity contribution in [3.05, 3.63) is 0 Å². The molecule has 1 amide bonds. The summed E-state index contributed by atoms with van der Waals surface area (Å²) in [6.07, 6.45) is 3.08. The van der Waals surface area contributed by atoms with Crippen LogP contribution in [0.4, 0.5) is 0 Å². The predicted molar refractivity (Wildman–Crippen MR) is 59.1 cm³/mol. The molecule has 4 nitrogen and oxygen atoms in total. The van der Waals surface area contributed by atoms with E-state index in [-0.39, 0.29) is 5.91 Å². The summed E-state index contributed by atoms with van der Waals surface area (Å²) in [6, 6.07) is 0. The number of nitrogens with zero attached hydrogens (tertiary/aromatic N) is 1. The highest BCUT2D eigenvalue weighted by atomic mass is 16.1. The topological polar surface area (TPSA) is 58.4 Å². The zero-order valence-electron chi connectivity index (χ0n) is 9.38. The minimum atomic E-state index is 0.113. The minimum absolute atomic E-state index is 0.113. The predicted octanol–water partition coefficient (Wildman–Crippen LogP) is 0.183. The largest absolute Gasteiger partial charge is 0.355 e. The molecule has 84 valence electrons. The Bertz CT molecular complexity index is 150. The van der Waals surface area contributed by atoms with Crippen molar-refractivity contribution in [3.8, 4) is 0 Å². The lowest BCUT2D eigenvalue weighted by molar-refractivity contribution is -0.121. The normalized spacial score (nSPS) is 10.6. The molecule has 14 heavy (non-hydrogen) atoms. The molecule has 0 heterocycles.